The third kappa shape index (κ3) is 3.23. The van der Waals surface area contributed by atoms with Crippen LogP contribution in [0, 0.1) is 0 Å². The van der Waals surface area contributed by atoms with Crippen LogP contribution < -0.4 is 5.32 Å². The molecule has 0 aromatic carbocycles. The maximum absolute atomic E-state index is 11.7. The molecule has 0 aliphatic rings. The van der Waals surface area contributed by atoms with Gasteiger partial charge in [-0.1, -0.05) is 6.07 Å². The van der Waals surface area contributed by atoms with Gasteiger partial charge in [0.25, 0.3) is 0 Å². The van der Waals surface area contributed by atoms with Crippen LogP contribution in [0.2, 0.25) is 0 Å². The fourth-order valence-corrected chi connectivity index (χ4v) is 1.22. The van der Waals surface area contributed by atoms with Gasteiger partial charge in [0.1, 0.15) is 11.9 Å². The molecule has 0 bridgehead atoms. The van der Waals surface area contributed by atoms with Crippen LogP contribution in [0.5, 0.6) is 0 Å². The highest BCUT2D eigenvalue weighted by atomic mass is 16.2. The molecular weight excluding hydrogens is 190 g/mol. The first-order valence-corrected chi connectivity index (χ1v) is 5.07. The van der Waals surface area contributed by atoms with Crippen LogP contribution in [0.25, 0.3) is 0 Å². The largest absolute Gasteiger partial charge is 0.359 e. The van der Waals surface area contributed by atoms with Crippen LogP contribution in [0.1, 0.15) is 13.8 Å². The number of pyridine rings is 1. The van der Waals surface area contributed by atoms with E-state index in [-0.39, 0.29) is 11.9 Å². The molecule has 0 aliphatic carbocycles. The summed E-state index contributed by atoms with van der Waals surface area (Å²) >= 11 is 0. The van der Waals surface area contributed by atoms with Crippen molar-refractivity contribution < 1.29 is 4.79 Å². The van der Waals surface area contributed by atoms with Crippen LogP contribution in [0.15, 0.2) is 24.4 Å². The summed E-state index contributed by atoms with van der Waals surface area (Å²) in [5.74, 6) is 0.797. The Balaban J connectivity index is 2.56. The predicted octanol–water partition coefficient (Wildman–Crippen LogP) is 1.36. The van der Waals surface area contributed by atoms with Gasteiger partial charge in [0, 0.05) is 19.8 Å². The number of likely N-dealkylation sites (N-methyl/N-ethyl adjacent to an activating group) is 1. The van der Waals surface area contributed by atoms with Crippen molar-refractivity contribution in [3.8, 4) is 0 Å². The molecule has 1 unspecified atom stereocenters. The second-order valence-electron chi connectivity index (χ2n) is 3.43. The number of anilines is 1. The molecule has 1 atom stereocenters. The van der Waals surface area contributed by atoms with Gasteiger partial charge in [-0.2, -0.15) is 0 Å². The van der Waals surface area contributed by atoms with Crippen molar-refractivity contribution in [2.24, 2.45) is 0 Å². The maximum atomic E-state index is 11.7. The first-order valence-electron chi connectivity index (χ1n) is 5.07. The molecule has 15 heavy (non-hydrogen) atoms. The topological polar surface area (TPSA) is 45.2 Å². The lowest BCUT2D eigenvalue weighted by atomic mass is 10.3. The molecule has 1 rings (SSSR count). The summed E-state index contributed by atoms with van der Waals surface area (Å²) < 4.78 is 0. The Hall–Kier alpha value is -1.58. The van der Waals surface area contributed by atoms with Crippen molar-refractivity contribution in [1.29, 1.82) is 0 Å². The monoisotopic (exact) mass is 207 g/mol. The molecule has 0 spiro atoms. The molecule has 1 amide bonds. The minimum atomic E-state index is -0.246. The second-order valence-corrected chi connectivity index (χ2v) is 3.43. The van der Waals surface area contributed by atoms with Gasteiger partial charge in [-0.15, -0.1) is 0 Å². The van der Waals surface area contributed by atoms with Crippen LogP contribution >= 0.6 is 0 Å². The standard InChI is InChI=1S/C11H17N3O/c1-4-14(3)11(15)9(2)13-10-7-5-6-8-12-10/h5-9H,4H2,1-3H3,(H,12,13). The van der Waals surface area contributed by atoms with Gasteiger partial charge in [-0.25, -0.2) is 4.98 Å². The van der Waals surface area contributed by atoms with Crippen molar-refractivity contribution in [2.75, 3.05) is 18.9 Å². The molecule has 4 nitrogen and oxygen atoms in total. The summed E-state index contributed by atoms with van der Waals surface area (Å²) in [4.78, 5) is 17.5. The number of aromatic nitrogens is 1. The molecular formula is C11H17N3O. The third-order valence-corrected chi connectivity index (χ3v) is 2.25. The number of nitrogens with one attached hydrogen (secondary N) is 1. The average Bonchev–Trinajstić information content (AvgIpc) is 2.28. The zero-order valence-corrected chi connectivity index (χ0v) is 9.40. The van der Waals surface area contributed by atoms with E-state index in [1.807, 2.05) is 32.0 Å². The second kappa shape index (κ2) is 5.34. The van der Waals surface area contributed by atoms with E-state index in [0.717, 1.165) is 5.82 Å². The van der Waals surface area contributed by atoms with Gasteiger partial charge in [-0.3, -0.25) is 4.79 Å². The van der Waals surface area contributed by atoms with Crippen LogP contribution in [0.3, 0.4) is 0 Å². The van der Waals surface area contributed by atoms with Crippen molar-refractivity contribution in [1.82, 2.24) is 9.88 Å². The molecule has 1 aromatic rings. The summed E-state index contributed by atoms with van der Waals surface area (Å²) in [6.07, 6.45) is 1.70. The van der Waals surface area contributed by atoms with E-state index >= 15 is 0 Å². The SMILES string of the molecule is CCN(C)C(=O)C(C)Nc1ccccn1. The lowest BCUT2D eigenvalue weighted by Crippen LogP contribution is -2.38. The van der Waals surface area contributed by atoms with Gasteiger partial charge in [0.15, 0.2) is 0 Å². The highest BCUT2D eigenvalue weighted by Gasteiger charge is 2.15. The van der Waals surface area contributed by atoms with Gasteiger partial charge in [-0.05, 0) is 26.0 Å². The number of carbonyl (C=O) groups is 1. The van der Waals surface area contributed by atoms with E-state index in [9.17, 15) is 4.79 Å². The molecule has 0 radical (unpaired) electrons. The molecule has 0 aliphatic heterocycles. The first-order chi connectivity index (χ1) is 7.15. The molecule has 1 heterocycles. The molecule has 0 saturated carbocycles. The van der Waals surface area contributed by atoms with Gasteiger partial charge >= 0.3 is 0 Å². The first kappa shape index (κ1) is 11.5. The predicted molar refractivity (Wildman–Crippen MR) is 60.6 cm³/mol. The summed E-state index contributed by atoms with van der Waals surface area (Å²) in [5, 5.41) is 3.05. The quantitative estimate of drug-likeness (QED) is 0.810. The molecule has 1 N–H and O–H groups in total. The Morgan fingerprint density at radius 3 is 2.87 bits per heavy atom. The molecule has 82 valence electrons. The number of hydrogen-bond donors (Lipinski definition) is 1. The Bertz CT molecular complexity index is 313. The lowest BCUT2D eigenvalue weighted by molar-refractivity contribution is -0.130. The maximum Gasteiger partial charge on any atom is 0.244 e. The normalized spacial score (nSPS) is 11.9. The van der Waals surface area contributed by atoms with Crippen molar-refractivity contribution in [3.63, 3.8) is 0 Å². The van der Waals surface area contributed by atoms with E-state index in [4.69, 9.17) is 0 Å². The summed E-state index contributed by atoms with van der Waals surface area (Å²) in [5.41, 5.74) is 0. The molecule has 4 heteroatoms. The zero-order chi connectivity index (χ0) is 11.3. The fraction of sp³-hybridized carbons (Fsp3) is 0.455. The molecule has 1 aromatic heterocycles. The Labute approximate surface area is 90.3 Å². The van der Waals surface area contributed by atoms with Gasteiger partial charge < -0.3 is 10.2 Å². The van der Waals surface area contributed by atoms with E-state index in [1.165, 1.54) is 0 Å². The van der Waals surface area contributed by atoms with Gasteiger partial charge in [0.2, 0.25) is 5.91 Å². The number of amides is 1. The average molecular weight is 207 g/mol. The highest BCUT2D eigenvalue weighted by molar-refractivity contribution is 5.83. The Kier molecular flexibility index (Phi) is 4.09. The third-order valence-electron chi connectivity index (χ3n) is 2.25. The van der Waals surface area contributed by atoms with E-state index in [2.05, 4.69) is 10.3 Å². The Morgan fingerprint density at radius 2 is 2.33 bits per heavy atom. The zero-order valence-electron chi connectivity index (χ0n) is 9.40. The minimum Gasteiger partial charge on any atom is -0.359 e. The van der Waals surface area contributed by atoms with Crippen LogP contribution in [0.4, 0.5) is 5.82 Å². The summed E-state index contributed by atoms with van der Waals surface area (Å²) in [7, 11) is 1.79. The molecule has 0 saturated heterocycles. The lowest BCUT2D eigenvalue weighted by Gasteiger charge is -2.20. The highest BCUT2D eigenvalue weighted by Crippen LogP contribution is 2.04. The van der Waals surface area contributed by atoms with Crippen molar-refractivity contribution in [3.05, 3.63) is 24.4 Å². The summed E-state index contributed by atoms with van der Waals surface area (Å²) in [6, 6.07) is 5.33. The van der Waals surface area contributed by atoms with E-state index in [1.54, 1.807) is 18.1 Å². The van der Waals surface area contributed by atoms with E-state index in [0.29, 0.717) is 6.54 Å². The number of carbonyl (C=O) groups excluding carboxylic acids is 1. The van der Waals surface area contributed by atoms with Crippen LogP contribution in [-0.2, 0) is 4.79 Å². The number of rotatable bonds is 4. The molecule has 0 fully saturated rings. The fourth-order valence-electron chi connectivity index (χ4n) is 1.22. The number of nitrogens with zero attached hydrogens (tertiary/aromatic N) is 2. The smallest absolute Gasteiger partial charge is 0.244 e. The van der Waals surface area contributed by atoms with Crippen molar-refractivity contribution in [2.45, 2.75) is 19.9 Å². The Morgan fingerprint density at radius 1 is 1.60 bits per heavy atom. The minimum absolute atomic E-state index is 0.0724. The van der Waals surface area contributed by atoms with E-state index < -0.39 is 0 Å². The number of hydrogen-bond acceptors (Lipinski definition) is 3. The van der Waals surface area contributed by atoms with Crippen LogP contribution in [-0.4, -0.2) is 35.4 Å². The summed E-state index contributed by atoms with van der Waals surface area (Å²) in [6.45, 7) is 4.50. The van der Waals surface area contributed by atoms with Gasteiger partial charge in [0.05, 0.1) is 0 Å². The van der Waals surface area contributed by atoms with Crippen molar-refractivity contribution >= 4 is 11.7 Å².